The second-order valence-electron chi connectivity index (χ2n) is 6.83. The van der Waals surface area contributed by atoms with Crippen LogP contribution in [0.5, 0.6) is 0 Å². The Morgan fingerprint density at radius 3 is 2.65 bits per heavy atom. The largest absolute Gasteiger partial charge is 0.390 e. The van der Waals surface area contributed by atoms with E-state index in [0.717, 1.165) is 16.9 Å². The lowest BCUT2D eigenvalue weighted by molar-refractivity contribution is -0.00382. The molecular formula is C20H22N4O2. The van der Waals surface area contributed by atoms with Crippen molar-refractivity contribution in [3.05, 3.63) is 71.7 Å². The van der Waals surface area contributed by atoms with Crippen LogP contribution in [0.25, 0.3) is 5.65 Å². The molecule has 0 atom stereocenters. The van der Waals surface area contributed by atoms with E-state index in [-0.39, 0.29) is 12.0 Å². The number of rotatable bonds is 5. The average molecular weight is 350 g/mol. The first-order valence-electron chi connectivity index (χ1n) is 8.77. The summed E-state index contributed by atoms with van der Waals surface area (Å²) in [5, 5.41) is 9.55. The molecule has 1 fully saturated rings. The number of aliphatic hydroxyl groups excluding tert-OH is 1. The zero-order chi connectivity index (χ0) is 18.1. The van der Waals surface area contributed by atoms with Crippen molar-refractivity contribution in [2.45, 2.75) is 19.2 Å². The highest BCUT2D eigenvalue weighted by molar-refractivity contribution is 5.94. The van der Waals surface area contributed by atoms with Crippen LogP contribution in [0.1, 0.15) is 21.7 Å². The summed E-state index contributed by atoms with van der Waals surface area (Å²) in [6.45, 7) is 2.40. The van der Waals surface area contributed by atoms with Crippen molar-refractivity contribution in [2.75, 3.05) is 20.1 Å². The van der Waals surface area contributed by atoms with Crippen molar-refractivity contribution in [3.63, 3.8) is 0 Å². The third-order valence-electron chi connectivity index (χ3n) is 4.75. The van der Waals surface area contributed by atoms with Gasteiger partial charge in [-0.15, -0.1) is 0 Å². The van der Waals surface area contributed by atoms with Gasteiger partial charge >= 0.3 is 0 Å². The molecular weight excluding hydrogens is 328 g/mol. The van der Waals surface area contributed by atoms with Crippen molar-refractivity contribution in [1.29, 1.82) is 0 Å². The Morgan fingerprint density at radius 2 is 1.92 bits per heavy atom. The number of likely N-dealkylation sites (tertiary alicyclic amines) is 1. The van der Waals surface area contributed by atoms with E-state index >= 15 is 0 Å². The van der Waals surface area contributed by atoms with Crippen molar-refractivity contribution in [1.82, 2.24) is 19.2 Å². The minimum atomic E-state index is -0.269. The molecule has 26 heavy (non-hydrogen) atoms. The number of amides is 1. The molecule has 3 heterocycles. The summed E-state index contributed by atoms with van der Waals surface area (Å²) >= 11 is 0. The van der Waals surface area contributed by atoms with Gasteiger partial charge in [0.25, 0.3) is 5.91 Å². The predicted molar refractivity (Wildman–Crippen MR) is 98.7 cm³/mol. The van der Waals surface area contributed by atoms with Crippen molar-refractivity contribution < 1.29 is 9.90 Å². The maximum Gasteiger partial charge on any atom is 0.274 e. The van der Waals surface area contributed by atoms with Crippen LogP contribution in [0, 0.1) is 0 Å². The zero-order valence-electron chi connectivity index (χ0n) is 14.7. The molecule has 0 radical (unpaired) electrons. The van der Waals surface area contributed by atoms with Gasteiger partial charge in [-0.3, -0.25) is 9.69 Å². The fourth-order valence-electron chi connectivity index (χ4n) is 3.36. The molecule has 6 nitrogen and oxygen atoms in total. The van der Waals surface area contributed by atoms with E-state index in [1.54, 1.807) is 11.9 Å². The van der Waals surface area contributed by atoms with Crippen LogP contribution in [0.4, 0.5) is 0 Å². The molecule has 1 amide bonds. The van der Waals surface area contributed by atoms with Crippen LogP contribution in [0.15, 0.2) is 54.7 Å². The van der Waals surface area contributed by atoms with Crippen molar-refractivity contribution in [2.24, 2.45) is 0 Å². The Bertz CT molecular complexity index is 916. The van der Waals surface area contributed by atoms with Gasteiger partial charge in [0, 0.05) is 39.4 Å². The minimum absolute atomic E-state index is 0.0892. The highest BCUT2D eigenvalue weighted by atomic mass is 16.3. The van der Waals surface area contributed by atoms with Crippen LogP contribution in [-0.2, 0) is 13.1 Å². The molecule has 0 saturated carbocycles. The number of fused-ring (bicyclic) bond motifs is 1. The number of hydrogen-bond donors (Lipinski definition) is 1. The maximum absolute atomic E-state index is 13.1. The monoisotopic (exact) mass is 350 g/mol. The molecule has 4 rings (SSSR count). The molecule has 0 spiro atoms. The summed E-state index contributed by atoms with van der Waals surface area (Å²) in [6, 6.07) is 15.7. The molecule has 0 aliphatic carbocycles. The number of benzene rings is 1. The zero-order valence-corrected chi connectivity index (χ0v) is 14.7. The highest BCUT2D eigenvalue weighted by Gasteiger charge is 2.29. The van der Waals surface area contributed by atoms with Crippen molar-refractivity contribution in [3.8, 4) is 0 Å². The fraction of sp³-hybridized carbons (Fsp3) is 0.300. The first kappa shape index (κ1) is 16.8. The number of carbonyl (C=O) groups excluding carboxylic acids is 1. The molecule has 3 aromatic rings. The van der Waals surface area contributed by atoms with Crippen LogP contribution >= 0.6 is 0 Å². The molecule has 1 saturated heterocycles. The van der Waals surface area contributed by atoms with Crippen LogP contribution in [0.3, 0.4) is 0 Å². The van der Waals surface area contributed by atoms with Gasteiger partial charge in [-0.05, 0) is 17.7 Å². The van der Waals surface area contributed by atoms with Gasteiger partial charge in [-0.1, -0.05) is 36.4 Å². The van der Waals surface area contributed by atoms with E-state index < -0.39 is 0 Å². The van der Waals surface area contributed by atoms with Gasteiger partial charge in [0.2, 0.25) is 0 Å². The summed E-state index contributed by atoms with van der Waals surface area (Å²) < 4.78 is 1.97. The van der Waals surface area contributed by atoms with Gasteiger partial charge in [0.05, 0.1) is 11.8 Å². The molecule has 1 N–H and O–H groups in total. The molecule has 6 heteroatoms. The van der Waals surface area contributed by atoms with E-state index in [0.29, 0.717) is 31.9 Å². The number of carbonyl (C=O) groups is 1. The average Bonchev–Trinajstić information content (AvgIpc) is 2.99. The lowest BCUT2D eigenvalue weighted by Crippen LogP contribution is -2.50. The summed E-state index contributed by atoms with van der Waals surface area (Å²) in [7, 11) is 1.80. The summed E-state index contributed by atoms with van der Waals surface area (Å²) in [5.74, 6) is -0.0892. The highest BCUT2D eigenvalue weighted by Crippen LogP contribution is 2.20. The number of β-amino-alcohol motifs (C(OH)–C–C–N with tert-alkyl or cyclic N) is 1. The summed E-state index contributed by atoms with van der Waals surface area (Å²) in [6.07, 6.45) is 1.66. The molecule has 1 aliphatic heterocycles. The van der Waals surface area contributed by atoms with Crippen LogP contribution < -0.4 is 0 Å². The third-order valence-corrected chi connectivity index (χ3v) is 4.75. The summed E-state index contributed by atoms with van der Waals surface area (Å²) in [5.41, 5.74) is 3.20. The number of pyridine rings is 1. The fourth-order valence-corrected chi connectivity index (χ4v) is 3.36. The number of imidazole rings is 1. The number of hydrogen-bond acceptors (Lipinski definition) is 4. The Morgan fingerprint density at radius 1 is 1.19 bits per heavy atom. The van der Waals surface area contributed by atoms with Crippen LogP contribution in [0.2, 0.25) is 0 Å². The van der Waals surface area contributed by atoms with Crippen molar-refractivity contribution >= 4 is 11.6 Å². The number of nitrogens with zero attached hydrogens (tertiary/aromatic N) is 4. The predicted octanol–water partition coefficient (Wildman–Crippen LogP) is 1.78. The second kappa shape index (κ2) is 6.90. The standard InChI is InChI=1S/C20H22N4O2/c1-22(11-15-7-3-2-4-8-15)20(26)19-17(14-23-12-16(25)13-23)24-10-6-5-9-18(24)21-19/h2-10,16,25H,11-14H2,1H3. The van der Waals surface area contributed by atoms with E-state index in [1.165, 1.54) is 0 Å². The maximum atomic E-state index is 13.1. The molecule has 134 valence electrons. The smallest absolute Gasteiger partial charge is 0.274 e. The quantitative estimate of drug-likeness (QED) is 0.762. The van der Waals surface area contributed by atoms with E-state index in [4.69, 9.17) is 0 Å². The van der Waals surface area contributed by atoms with Gasteiger partial charge in [0.15, 0.2) is 5.69 Å². The van der Waals surface area contributed by atoms with E-state index in [9.17, 15) is 9.90 Å². The van der Waals surface area contributed by atoms with Gasteiger partial charge < -0.3 is 14.4 Å². The first-order valence-corrected chi connectivity index (χ1v) is 8.77. The Hall–Kier alpha value is -2.70. The van der Waals surface area contributed by atoms with E-state index in [2.05, 4.69) is 9.88 Å². The second-order valence-corrected chi connectivity index (χ2v) is 6.83. The Kier molecular flexibility index (Phi) is 4.44. The number of aliphatic hydroxyl groups is 1. The van der Waals surface area contributed by atoms with Gasteiger partial charge in [0.1, 0.15) is 5.65 Å². The first-order chi connectivity index (χ1) is 12.6. The van der Waals surface area contributed by atoms with Crippen LogP contribution in [-0.4, -0.2) is 56.4 Å². The molecule has 0 bridgehead atoms. The Balaban J connectivity index is 1.62. The van der Waals surface area contributed by atoms with Gasteiger partial charge in [-0.2, -0.15) is 0 Å². The molecule has 1 aliphatic rings. The molecule has 0 unspecified atom stereocenters. The normalized spacial score (nSPS) is 15.2. The lowest BCUT2D eigenvalue weighted by atomic mass is 10.1. The third kappa shape index (κ3) is 3.21. The molecule has 1 aromatic carbocycles. The number of aromatic nitrogens is 2. The van der Waals surface area contributed by atoms with Gasteiger partial charge in [-0.25, -0.2) is 4.98 Å². The molecule has 2 aromatic heterocycles. The topological polar surface area (TPSA) is 61.1 Å². The Labute approximate surface area is 152 Å². The van der Waals surface area contributed by atoms with E-state index in [1.807, 2.05) is 59.1 Å². The summed E-state index contributed by atoms with van der Waals surface area (Å²) in [4.78, 5) is 21.5. The lowest BCUT2D eigenvalue weighted by Gasteiger charge is -2.35. The minimum Gasteiger partial charge on any atom is -0.390 e. The SMILES string of the molecule is CN(Cc1ccccc1)C(=O)c1nc2ccccn2c1CN1CC(O)C1.